The second-order valence-electron chi connectivity index (χ2n) is 5.70. The normalized spacial score (nSPS) is 15.8. The van der Waals surface area contributed by atoms with Crippen LogP contribution >= 0.6 is 0 Å². The predicted molar refractivity (Wildman–Crippen MR) is 74.0 cm³/mol. The molecule has 0 saturated heterocycles. The lowest BCUT2D eigenvalue weighted by Gasteiger charge is -2.16. The lowest BCUT2D eigenvalue weighted by Crippen LogP contribution is -2.24. The number of hydrogen-bond donors (Lipinski definition) is 1. The predicted octanol–water partition coefficient (Wildman–Crippen LogP) is 2.50. The number of carboxylic acids is 1. The van der Waals surface area contributed by atoms with Gasteiger partial charge in [-0.25, -0.2) is 4.79 Å². The van der Waals surface area contributed by atoms with Crippen molar-refractivity contribution in [3.63, 3.8) is 0 Å². The van der Waals surface area contributed by atoms with E-state index in [1.54, 1.807) is 13.1 Å². The van der Waals surface area contributed by atoms with E-state index in [0.717, 1.165) is 23.3 Å². The van der Waals surface area contributed by atoms with Crippen LogP contribution in [0.2, 0.25) is 0 Å². The SMILES string of the molecule is Cn1nc(-c2ccc3c(c2)CC(C)(C)O3)cc1C(=O)O. The molecular weight excluding hydrogens is 256 g/mol. The lowest BCUT2D eigenvalue weighted by molar-refractivity contribution is 0.0685. The molecule has 1 aromatic heterocycles. The molecule has 0 spiro atoms. The molecule has 0 unspecified atom stereocenters. The van der Waals surface area contributed by atoms with E-state index in [9.17, 15) is 4.79 Å². The lowest BCUT2D eigenvalue weighted by atomic mass is 9.99. The van der Waals surface area contributed by atoms with E-state index < -0.39 is 5.97 Å². The molecular formula is C15H16N2O3. The maximum Gasteiger partial charge on any atom is 0.354 e. The zero-order valence-electron chi connectivity index (χ0n) is 11.7. The van der Waals surface area contributed by atoms with Crippen molar-refractivity contribution in [2.75, 3.05) is 0 Å². The first-order valence-corrected chi connectivity index (χ1v) is 6.45. The molecule has 0 atom stereocenters. The minimum atomic E-state index is -0.975. The fourth-order valence-electron chi connectivity index (χ4n) is 2.58. The Kier molecular flexibility index (Phi) is 2.61. The second-order valence-corrected chi connectivity index (χ2v) is 5.70. The second kappa shape index (κ2) is 4.10. The minimum Gasteiger partial charge on any atom is -0.487 e. The highest BCUT2D eigenvalue weighted by atomic mass is 16.5. The van der Waals surface area contributed by atoms with Gasteiger partial charge in [-0.15, -0.1) is 0 Å². The number of ether oxygens (including phenoxy) is 1. The Balaban J connectivity index is 2.01. The molecule has 0 saturated carbocycles. The van der Waals surface area contributed by atoms with Crippen LogP contribution in [0.5, 0.6) is 5.75 Å². The maximum atomic E-state index is 11.1. The fraction of sp³-hybridized carbons (Fsp3) is 0.333. The van der Waals surface area contributed by atoms with E-state index in [2.05, 4.69) is 18.9 Å². The third-order valence-corrected chi connectivity index (χ3v) is 3.46. The van der Waals surface area contributed by atoms with Crippen molar-refractivity contribution >= 4 is 5.97 Å². The molecule has 0 bridgehead atoms. The van der Waals surface area contributed by atoms with E-state index in [4.69, 9.17) is 9.84 Å². The molecule has 3 rings (SSSR count). The maximum absolute atomic E-state index is 11.1. The van der Waals surface area contributed by atoms with Crippen molar-refractivity contribution in [2.45, 2.75) is 25.9 Å². The zero-order chi connectivity index (χ0) is 14.5. The number of aryl methyl sites for hydroxylation is 1. The molecule has 2 heterocycles. The van der Waals surface area contributed by atoms with Gasteiger partial charge in [0.15, 0.2) is 0 Å². The van der Waals surface area contributed by atoms with E-state index in [1.165, 1.54) is 4.68 Å². The quantitative estimate of drug-likeness (QED) is 0.912. The molecule has 1 aliphatic rings. The van der Waals surface area contributed by atoms with Crippen LogP contribution in [0.4, 0.5) is 0 Å². The monoisotopic (exact) mass is 272 g/mol. The van der Waals surface area contributed by atoms with Gasteiger partial charge in [-0.2, -0.15) is 5.10 Å². The van der Waals surface area contributed by atoms with Crippen LogP contribution in [0, 0.1) is 0 Å². The third kappa shape index (κ3) is 2.05. The summed E-state index contributed by atoms with van der Waals surface area (Å²) in [5, 5.41) is 13.3. The van der Waals surface area contributed by atoms with Crippen LogP contribution < -0.4 is 4.74 Å². The number of hydrogen-bond acceptors (Lipinski definition) is 3. The Morgan fingerprint density at radius 1 is 1.40 bits per heavy atom. The first kappa shape index (κ1) is 12.7. The van der Waals surface area contributed by atoms with Crippen LogP contribution in [0.15, 0.2) is 24.3 Å². The van der Waals surface area contributed by atoms with Crippen LogP contribution in [0.25, 0.3) is 11.3 Å². The third-order valence-electron chi connectivity index (χ3n) is 3.46. The number of rotatable bonds is 2. The standard InChI is InChI=1S/C15H16N2O3/c1-15(2)8-10-6-9(4-5-13(10)20-15)11-7-12(14(18)19)17(3)16-11/h4-7H,8H2,1-3H3,(H,18,19). The Bertz CT molecular complexity index is 701. The first-order chi connectivity index (χ1) is 9.35. The van der Waals surface area contributed by atoms with Crippen LogP contribution in [0.1, 0.15) is 29.9 Å². The van der Waals surface area contributed by atoms with Gasteiger partial charge in [0.2, 0.25) is 0 Å². The molecule has 20 heavy (non-hydrogen) atoms. The summed E-state index contributed by atoms with van der Waals surface area (Å²) < 4.78 is 7.21. The van der Waals surface area contributed by atoms with E-state index in [1.807, 2.05) is 18.2 Å². The van der Waals surface area contributed by atoms with Crippen molar-refractivity contribution in [3.8, 4) is 17.0 Å². The van der Waals surface area contributed by atoms with Gasteiger partial charge in [-0.1, -0.05) is 0 Å². The summed E-state index contributed by atoms with van der Waals surface area (Å²) >= 11 is 0. The van der Waals surface area contributed by atoms with Crippen LogP contribution in [-0.4, -0.2) is 26.5 Å². The smallest absolute Gasteiger partial charge is 0.354 e. The van der Waals surface area contributed by atoms with Crippen LogP contribution in [-0.2, 0) is 13.5 Å². The van der Waals surface area contributed by atoms with Gasteiger partial charge < -0.3 is 9.84 Å². The van der Waals surface area contributed by atoms with Gasteiger partial charge in [0.1, 0.15) is 17.0 Å². The van der Waals surface area contributed by atoms with Gasteiger partial charge in [0.25, 0.3) is 0 Å². The highest BCUT2D eigenvalue weighted by molar-refractivity contribution is 5.87. The van der Waals surface area contributed by atoms with E-state index in [-0.39, 0.29) is 11.3 Å². The topological polar surface area (TPSA) is 64.4 Å². The molecule has 1 N–H and O–H groups in total. The number of benzene rings is 1. The molecule has 0 radical (unpaired) electrons. The molecule has 1 aromatic carbocycles. The summed E-state index contributed by atoms with van der Waals surface area (Å²) in [6, 6.07) is 7.45. The first-order valence-electron chi connectivity index (χ1n) is 6.45. The van der Waals surface area contributed by atoms with Gasteiger partial charge in [-0.3, -0.25) is 4.68 Å². The Labute approximate surface area is 116 Å². The average molecular weight is 272 g/mol. The number of aromatic nitrogens is 2. The number of aromatic carboxylic acids is 1. The molecule has 0 amide bonds. The molecule has 0 aliphatic carbocycles. The molecule has 5 nitrogen and oxygen atoms in total. The van der Waals surface area contributed by atoms with Gasteiger partial charge in [0, 0.05) is 19.0 Å². The summed E-state index contributed by atoms with van der Waals surface area (Å²) in [6.07, 6.45) is 0.842. The highest BCUT2D eigenvalue weighted by Gasteiger charge is 2.30. The highest BCUT2D eigenvalue weighted by Crippen LogP contribution is 2.37. The summed E-state index contributed by atoms with van der Waals surface area (Å²) in [5.41, 5.74) is 2.70. The Morgan fingerprint density at radius 3 is 2.80 bits per heavy atom. The number of carbonyl (C=O) groups is 1. The summed E-state index contributed by atoms with van der Waals surface area (Å²) in [5.74, 6) is -0.0787. The molecule has 104 valence electrons. The summed E-state index contributed by atoms with van der Waals surface area (Å²) in [4.78, 5) is 11.1. The van der Waals surface area contributed by atoms with Gasteiger partial charge in [0.05, 0.1) is 5.69 Å². The summed E-state index contributed by atoms with van der Waals surface area (Å²) in [6.45, 7) is 4.10. The molecule has 0 fully saturated rings. The minimum absolute atomic E-state index is 0.178. The zero-order valence-corrected chi connectivity index (χ0v) is 11.7. The van der Waals surface area contributed by atoms with Crippen molar-refractivity contribution in [2.24, 2.45) is 7.05 Å². The van der Waals surface area contributed by atoms with Crippen molar-refractivity contribution < 1.29 is 14.6 Å². The van der Waals surface area contributed by atoms with Gasteiger partial charge in [-0.05, 0) is 43.7 Å². The van der Waals surface area contributed by atoms with Gasteiger partial charge >= 0.3 is 5.97 Å². The van der Waals surface area contributed by atoms with Crippen LogP contribution in [0.3, 0.4) is 0 Å². The largest absolute Gasteiger partial charge is 0.487 e. The summed E-state index contributed by atoms with van der Waals surface area (Å²) in [7, 11) is 1.63. The van der Waals surface area contributed by atoms with Crippen molar-refractivity contribution in [1.82, 2.24) is 9.78 Å². The fourth-order valence-corrected chi connectivity index (χ4v) is 2.58. The number of fused-ring (bicyclic) bond motifs is 1. The van der Waals surface area contributed by atoms with Crippen molar-refractivity contribution in [3.05, 3.63) is 35.5 Å². The Hall–Kier alpha value is -2.30. The number of nitrogens with zero attached hydrogens (tertiary/aromatic N) is 2. The molecule has 1 aliphatic heterocycles. The Morgan fingerprint density at radius 2 is 2.15 bits per heavy atom. The van der Waals surface area contributed by atoms with E-state index >= 15 is 0 Å². The molecule has 5 heteroatoms. The molecule has 2 aromatic rings. The number of carboxylic acid groups (broad SMARTS) is 1. The van der Waals surface area contributed by atoms with Crippen molar-refractivity contribution in [1.29, 1.82) is 0 Å². The van der Waals surface area contributed by atoms with E-state index in [0.29, 0.717) is 5.69 Å². The average Bonchev–Trinajstić information content (AvgIpc) is 2.86.